The average molecular weight is 264 g/mol. The van der Waals surface area contributed by atoms with Gasteiger partial charge in [0, 0.05) is 12.2 Å². The van der Waals surface area contributed by atoms with Crippen LogP contribution >= 0.6 is 0 Å². The van der Waals surface area contributed by atoms with E-state index in [9.17, 15) is 14.9 Å². The van der Waals surface area contributed by atoms with Gasteiger partial charge >= 0.3 is 11.1 Å². The van der Waals surface area contributed by atoms with Gasteiger partial charge in [-0.05, 0) is 12.1 Å². The van der Waals surface area contributed by atoms with Crippen molar-refractivity contribution >= 4 is 5.97 Å². The fraction of sp³-hybridized carbons (Fsp3) is 0. The Kier molecular flexibility index (Phi) is 12.4. The highest BCUT2D eigenvalue weighted by Crippen LogP contribution is 2.02. The van der Waals surface area contributed by atoms with Crippen LogP contribution in [0.25, 0.3) is 0 Å². The number of nitrogens with zero attached hydrogens (tertiary/aromatic N) is 2. The van der Waals surface area contributed by atoms with Gasteiger partial charge in [-0.2, -0.15) is 5.26 Å². The van der Waals surface area contributed by atoms with Gasteiger partial charge in [-0.1, -0.05) is 31.4 Å². The van der Waals surface area contributed by atoms with Crippen LogP contribution in [0.1, 0.15) is 0 Å². The van der Waals surface area contributed by atoms with Crippen molar-refractivity contribution in [2.75, 3.05) is 0 Å². The zero-order chi connectivity index (χ0) is 15.1. The van der Waals surface area contributed by atoms with Crippen LogP contribution in [0.3, 0.4) is 0 Å². The molecule has 1 aromatic rings. The van der Waals surface area contributed by atoms with Crippen molar-refractivity contribution in [1.29, 1.82) is 5.26 Å². The van der Waals surface area contributed by atoms with Gasteiger partial charge in [0.25, 0.3) is 0 Å². The SMILES string of the molecule is C=CC#N.C=CC(=O)O[N+](=O)[O-].Oc1ccccc1. The monoisotopic (exact) mass is 264 g/mol. The zero-order valence-electron chi connectivity index (χ0n) is 9.93. The summed E-state index contributed by atoms with van der Waals surface area (Å²) < 4.78 is 0. The van der Waals surface area contributed by atoms with E-state index in [1.54, 1.807) is 30.3 Å². The Hall–Kier alpha value is -3.14. The van der Waals surface area contributed by atoms with Crippen LogP contribution in [0, 0.1) is 21.4 Å². The number of carbonyl (C=O) groups is 1. The van der Waals surface area contributed by atoms with Crippen LogP contribution in [0.2, 0.25) is 0 Å². The Morgan fingerprint density at radius 3 is 2.05 bits per heavy atom. The van der Waals surface area contributed by atoms with E-state index in [-0.39, 0.29) is 0 Å². The maximum atomic E-state index is 9.84. The van der Waals surface area contributed by atoms with Gasteiger partial charge in [-0.15, -0.1) is 10.1 Å². The minimum Gasteiger partial charge on any atom is -0.508 e. The molecule has 0 saturated carbocycles. The van der Waals surface area contributed by atoms with Gasteiger partial charge in [0.05, 0.1) is 6.07 Å². The third-order valence-corrected chi connectivity index (χ3v) is 1.18. The molecule has 0 saturated heterocycles. The first-order chi connectivity index (χ1) is 8.97. The van der Waals surface area contributed by atoms with E-state index < -0.39 is 11.1 Å². The van der Waals surface area contributed by atoms with Gasteiger partial charge < -0.3 is 5.11 Å². The van der Waals surface area contributed by atoms with Crippen molar-refractivity contribution in [3.63, 3.8) is 0 Å². The molecule has 0 spiro atoms. The molecule has 1 aromatic carbocycles. The number of hydrogen-bond donors (Lipinski definition) is 1. The molecule has 0 aliphatic rings. The van der Waals surface area contributed by atoms with Crippen LogP contribution in [0.5, 0.6) is 5.75 Å². The van der Waals surface area contributed by atoms with Crippen molar-refractivity contribution in [3.05, 3.63) is 65.8 Å². The second-order valence-corrected chi connectivity index (χ2v) is 2.51. The minimum atomic E-state index is -1.19. The first-order valence-electron chi connectivity index (χ1n) is 4.71. The Bertz CT molecular complexity index is 451. The van der Waals surface area contributed by atoms with Crippen LogP contribution in [-0.2, 0) is 9.63 Å². The second kappa shape index (κ2) is 12.9. The number of nitriles is 1. The predicted octanol–water partition coefficient (Wildman–Crippen LogP) is 2.00. The van der Waals surface area contributed by atoms with Crippen molar-refractivity contribution in [2.45, 2.75) is 0 Å². The lowest BCUT2D eigenvalue weighted by molar-refractivity contribution is -0.728. The van der Waals surface area contributed by atoms with E-state index in [1.807, 2.05) is 6.07 Å². The molecule has 7 nitrogen and oxygen atoms in total. The van der Waals surface area contributed by atoms with Crippen molar-refractivity contribution in [2.24, 2.45) is 0 Å². The number of phenols is 1. The number of para-hydroxylation sites is 1. The van der Waals surface area contributed by atoms with E-state index in [0.29, 0.717) is 11.8 Å². The molecule has 19 heavy (non-hydrogen) atoms. The summed E-state index contributed by atoms with van der Waals surface area (Å²) in [6, 6.07) is 10.4. The van der Waals surface area contributed by atoms with Crippen LogP contribution in [0.4, 0.5) is 0 Å². The fourth-order valence-corrected chi connectivity index (χ4v) is 0.539. The van der Waals surface area contributed by atoms with Crippen molar-refractivity contribution < 1.29 is 19.8 Å². The number of phenolic OH excluding ortho intramolecular Hbond substituents is 1. The van der Waals surface area contributed by atoms with Crippen LogP contribution in [-0.4, -0.2) is 16.2 Å². The third kappa shape index (κ3) is 17.5. The topological polar surface area (TPSA) is 113 Å². The molecule has 0 atom stereocenters. The normalized spacial score (nSPS) is 7.11. The molecule has 0 aliphatic carbocycles. The van der Waals surface area contributed by atoms with Gasteiger partial charge in [-0.3, -0.25) is 4.79 Å². The van der Waals surface area contributed by atoms with Gasteiger partial charge in [-0.25, -0.2) is 4.84 Å². The quantitative estimate of drug-likeness (QED) is 0.378. The van der Waals surface area contributed by atoms with E-state index in [2.05, 4.69) is 18.0 Å². The first-order valence-corrected chi connectivity index (χ1v) is 4.71. The molecule has 0 heterocycles. The lowest BCUT2D eigenvalue weighted by atomic mass is 10.3. The minimum absolute atomic E-state index is 0.322. The molecular weight excluding hydrogens is 252 g/mol. The summed E-state index contributed by atoms with van der Waals surface area (Å²) in [6.45, 7) is 6.05. The fourth-order valence-electron chi connectivity index (χ4n) is 0.539. The molecule has 0 unspecified atom stereocenters. The number of hydrogen-bond acceptors (Lipinski definition) is 6. The Balaban J connectivity index is 0. The molecule has 0 amide bonds. The summed E-state index contributed by atoms with van der Waals surface area (Å²) in [4.78, 5) is 22.5. The summed E-state index contributed by atoms with van der Waals surface area (Å²) >= 11 is 0. The maximum Gasteiger partial charge on any atom is 0.326 e. The molecule has 0 radical (unpaired) electrons. The molecule has 7 heteroatoms. The highest BCUT2D eigenvalue weighted by Gasteiger charge is 1.98. The lowest BCUT2D eigenvalue weighted by Crippen LogP contribution is -2.06. The Morgan fingerprint density at radius 2 is 1.89 bits per heavy atom. The van der Waals surface area contributed by atoms with Crippen molar-refractivity contribution in [1.82, 2.24) is 0 Å². The number of rotatable bonds is 2. The lowest BCUT2D eigenvalue weighted by Gasteiger charge is -1.84. The summed E-state index contributed by atoms with van der Waals surface area (Å²) in [5, 5.41) is 24.2. The molecule has 0 aliphatic heterocycles. The smallest absolute Gasteiger partial charge is 0.326 e. The molecule has 0 aromatic heterocycles. The molecular formula is C12H12N2O5. The van der Waals surface area contributed by atoms with Crippen LogP contribution < -0.4 is 0 Å². The standard InChI is InChI=1S/C6H6O.C3H3NO4.C3H3N/c7-6-4-2-1-3-5-6;1-2-3(5)8-4(6)7;1-2-3-4/h1-5,7H;2H,1H2;2H,1H2. The molecule has 100 valence electrons. The van der Waals surface area contributed by atoms with E-state index in [0.717, 1.165) is 0 Å². The highest BCUT2D eigenvalue weighted by atomic mass is 17.0. The molecule has 1 rings (SSSR count). The zero-order valence-corrected chi connectivity index (χ0v) is 9.93. The Morgan fingerprint density at radius 1 is 1.42 bits per heavy atom. The maximum absolute atomic E-state index is 9.84. The molecule has 0 fully saturated rings. The third-order valence-electron chi connectivity index (χ3n) is 1.18. The van der Waals surface area contributed by atoms with Gasteiger partial charge in [0.2, 0.25) is 0 Å². The number of allylic oxidation sites excluding steroid dienone is 1. The van der Waals surface area contributed by atoms with Gasteiger partial charge in [0.1, 0.15) is 5.75 Å². The summed E-state index contributed by atoms with van der Waals surface area (Å²) in [5.74, 6) is -0.738. The van der Waals surface area contributed by atoms with Crippen molar-refractivity contribution in [3.8, 4) is 11.8 Å². The number of carbonyl (C=O) groups excluding carboxylic acids is 1. The average Bonchev–Trinajstić information content (AvgIpc) is 2.40. The van der Waals surface area contributed by atoms with E-state index in [1.165, 1.54) is 6.08 Å². The van der Waals surface area contributed by atoms with Crippen LogP contribution in [0.15, 0.2) is 55.6 Å². The largest absolute Gasteiger partial charge is 0.508 e. The predicted molar refractivity (Wildman–Crippen MR) is 67.2 cm³/mol. The number of aromatic hydroxyl groups is 1. The summed E-state index contributed by atoms with van der Waals surface area (Å²) in [6.07, 6.45) is 1.89. The number of benzene rings is 1. The summed E-state index contributed by atoms with van der Waals surface area (Å²) in [5.41, 5.74) is 0. The Labute approximate surface area is 109 Å². The van der Waals surface area contributed by atoms with E-state index in [4.69, 9.17) is 10.4 Å². The molecule has 1 N–H and O–H groups in total. The molecule has 0 bridgehead atoms. The second-order valence-electron chi connectivity index (χ2n) is 2.51. The summed E-state index contributed by atoms with van der Waals surface area (Å²) in [7, 11) is 0. The highest BCUT2D eigenvalue weighted by molar-refractivity contribution is 5.80. The van der Waals surface area contributed by atoms with Gasteiger partial charge in [0.15, 0.2) is 0 Å². The van der Waals surface area contributed by atoms with E-state index >= 15 is 0 Å². The first kappa shape index (κ1) is 18.2.